The van der Waals surface area contributed by atoms with Crippen molar-refractivity contribution < 1.29 is 23.1 Å². The van der Waals surface area contributed by atoms with Crippen LogP contribution < -0.4 is 0 Å². The Morgan fingerprint density at radius 3 is 2.70 bits per heavy atom. The van der Waals surface area contributed by atoms with Gasteiger partial charge in [0.05, 0.1) is 16.8 Å². The van der Waals surface area contributed by atoms with Gasteiger partial charge in [-0.25, -0.2) is 4.99 Å². The van der Waals surface area contributed by atoms with Gasteiger partial charge in [0, 0.05) is 6.42 Å². The summed E-state index contributed by atoms with van der Waals surface area (Å²) in [5.74, 6) is -0.401. The molecule has 1 rings (SSSR count). The number of carbonyl (C=O) groups excluding carboxylic acids is 1. The first-order chi connectivity index (χ1) is 9.38. The van der Waals surface area contributed by atoms with Crippen LogP contribution in [0.4, 0.5) is 13.2 Å². The third-order valence-electron chi connectivity index (χ3n) is 2.68. The first kappa shape index (κ1) is 16.5. The molecule has 0 spiro atoms. The number of nitrogens with zero attached hydrogens (tertiary/aromatic N) is 1. The average Bonchev–Trinajstić information content (AvgIpc) is 2.42. The van der Waals surface area contributed by atoms with Gasteiger partial charge in [0.25, 0.3) is 0 Å². The Balaban J connectivity index is 2.97. The molecule has 1 atom stereocenters. The van der Waals surface area contributed by atoms with Crippen molar-refractivity contribution in [3.63, 3.8) is 0 Å². The van der Waals surface area contributed by atoms with Crippen LogP contribution in [0.15, 0.2) is 29.3 Å². The zero-order valence-electron chi connectivity index (χ0n) is 10.4. The highest BCUT2D eigenvalue weighted by Gasteiger charge is 2.31. The van der Waals surface area contributed by atoms with E-state index in [4.69, 9.17) is 5.11 Å². The van der Waals surface area contributed by atoms with Crippen LogP contribution in [0, 0.1) is 0 Å². The van der Waals surface area contributed by atoms with Crippen LogP contribution in [-0.2, 0) is 11.0 Å². The molecule has 1 aromatic carbocycles. The maximum absolute atomic E-state index is 12.6. The smallest absolute Gasteiger partial charge is 0.389 e. The van der Waals surface area contributed by atoms with Gasteiger partial charge in [-0.15, -0.1) is 0 Å². The lowest BCUT2D eigenvalue weighted by Crippen LogP contribution is -2.08. The van der Waals surface area contributed by atoms with Crippen molar-refractivity contribution in [1.82, 2.24) is 0 Å². The van der Waals surface area contributed by atoms with Crippen LogP contribution in [0.1, 0.15) is 30.0 Å². The minimum atomic E-state index is -4.44. The van der Waals surface area contributed by atoms with Gasteiger partial charge in [-0.3, -0.25) is 4.79 Å². The molecule has 0 aliphatic rings. The minimum absolute atomic E-state index is 0.0118. The molecule has 0 fully saturated rings. The molecular formula is C13H12F3NO2S. The predicted octanol–water partition coefficient (Wildman–Crippen LogP) is 3.19. The van der Waals surface area contributed by atoms with E-state index >= 15 is 0 Å². The van der Waals surface area contributed by atoms with Crippen LogP contribution in [0.25, 0.3) is 0 Å². The first-order valence-corrected chi connectivity index (χ1v) is 6.16. The number of hydrogen-bond donors (Lipinski definition) is 1. The number of benzene rings is 1. The molecule has 0 bridgehead atoms. The Bertz CT molecular complexity index is 525. The SMILES string of the molecule is O=C(CO)CC[C@H](N=C=S)c1cccc(C(F)(F)F)c1. The van der Waals surface area contributed by atoms with Crippen molar-refractivity contribution in [3.05, 3.63) is 35.4 Å². The number of Topliss-reactive ketones (excluding diaryl/α,β-unsaturated/α-hetero) is 1. The van der Waals surface area contributed by atoms with Gasteiger partial charge < -0.3 is 5.11 Å². The van der Waals surface area contributed by atoms with Crippen LogP contribution in [0.2, 0.25) is 0 Å². The maximum Gasteiger partial charge on any atom is 0.416 e. The second-order valence-corrected chi connectivity index (χ2v) is 4.28. The Morgan fingerprint density at radius 2 is 2.15 bits per heavy atom. The van der Waals surface area contributed by atoms with Crippen molar-refractivity contribution in [2.45, 2.75) is 25.1 Å². The number of aliphatic hydroxyl groups is 1. The van der Waals surface area contributed by atoms with Crippen LogP contribution in [-0.4, -0.2) is 22.7 Å². The van der Waals surface area contributed by atoms with E-state index in [9.17, 15) is 18.0 Å². The molecule has 1 aromatic rings. The number of isothiocyanates is 1. The number of thiocarbonyl (C=S) groups is 1. The lowest BCUT2D eigenvalue weighted by Gasteiger charge is -2.13. The Labute approximate surface area is 119 Å². The summed E-state index contributed by atoms with van der Waals surface area (Å²) in [6, 6.07) is 4.02. The maximum atomic E-state index is 12.6. The predicted molar refractivity (Wildman–Crippen MR) is 70.5 cm³/mol. The molecule has 0 aromatic heterocycles. The van der Waals surface area contributed by atoms with E-state index in [1.54, 1.807) is 0 Å². The molecule has 108 valence electrons. The molecule has 0 unspecified atom stereocenters. The van der Waals surface area contributed by atoms with E-state index in [1.807, 2.05) is 0 Å². The third kappa shape index (κ3) is 4.85. The van der Waals surface area contributed by atoms with E-state index in [-0.39, 0.29) is 12.8 Å². The number of aliphatic imine (C=N–C) groups is 1. The third-order valence-corrected chi connectivity index (χ3v) is 2.79. The summed E-state index contributed by atoms with van der Waals surface area (Å²) in [6.45, 7) is -0.601. The van der Waals surface area contributed by atoms with Gasteiger partial charge in [0.15, 0.2) is 5.78 Å². The molecule has 0 aliphatic heterocycles. The fourth-order valence-corrected chi connectivity index (χ4v) is 1.80. The highest BCUT2D eigenvalue weighted by atomic mass is 32.1. The number of alkyl halides is 3. The number of aliphatic hydroxyl groups excluding tert-OH is 1. The summed E-state index contributed by atoms with van der Waals surface area (Å²) in [7, 11) is 0. The molecule has 0 saturated heterocycles. The lowest BCUT2D eigenvalue weighted by molar-refractivity contribution is -0.137. The number of ketones is 1. The zero-order chi connectivity index (χ0) is 15.2. The summed E-state index contributed by atoms with van der Waals surface area (Å²) < 4.78 is 37.9. The molecule has 3 nitrogen and oxygen atoms in total. The van der Waals surface area contributed by atoms with Crippen LogP contribution >= 0.6 is 12.2 Å². The summed E-state index contributed by atoms with van der Waals surface area (Å²) in [5.41, 5.74) is -0.476. The average molecular weight is 303 g/mol. The van der Waals surface area contributed by atoms with E-state index < -0.39 is 30.2 Å². The molecule has 20 heavy (non-hydrogen) atoms. The van der Waals surface area contributed by atoms with E-state index in [1.165, 1.54) is 12.1 Å². The molecular weight excluding hydrogens is 291 g/mol. The second-order valence-electron chi connectivity index (χ2n) is 4.09. The van der Waals surface area contributed by atoms with Gasteiger partial charge >= 0.3 is 6.18 Å². The fourth-order valence-electron chi connectivity index (χ4n) is 1.67. The van der Waals surface area contributed by atoms with E-state index in [2.05, 4.69) is 22.4 Å². The number of carbonyl (C=O) groups is 1. The standard InChI is InChI=1S/C13H12F3NO2S/c14-13(15,16)10-3-1-2-9(6-10)12(17-8-20)5-4-11(19)7-18/h1-3,6,12,18H,4-5,7H2/t12-/m0/s1. The molecule has 1 N–H and O–H groups in total. The van der Waals surface area contributed by atoms with Gasteiger partial charge in [-0.2, -0.15) is 13.2 Å². The summed E-state index contributed by atoms with van der Waals surface area (Å²) in [5, 5.41) is 10.8. The van der Waals surface area contributed by atoms with E-state index in [0.29, 0.717) is 5.56 Å². The monoisotopic (exact) mass is 303 g/mol. The number of halogens is 3. The van der Waals surface area contributed by atoms with Crippen LogP contribution in [0.5, 0.6) is 0 Å². The molecule has 0 aliphatic carbocycles. The van der Waals surface area contributed by atoms with Gasteiger partial charge in [0.2, 0.25) is 0 Å². The van der Waals surface area contributed by atoms with Gasteiger partial charge in [0.1, 0.15) is 6.61 Å². The van der Waals surface area contributed by atoms with Crippen molar-refractivity contribution in [2.75, 3.05) is 6.61 Å². The normalized spacial score (nSPS) is 12.6. The summed E-state index contributed by atoms with van der Waals surface area (Å²) >= 11 is 4.47. The fraction of sp³-hybridized carbons (Fsp3) is 0.385. The molecule has 0 heterocycles. The van der Waals surface area contributed by atoms with Gasteiger partial charge in [-0.05, 0) is 36.3 Å². The Hall–Kier alpha value is -1.56. The van der Waals surface area contributed by atoms with Crippen molar-refractivity contribution in [2.24, 2.45) is 4.99 Å². The van der Waals surface area contributed by atoms with Crippen molar-refractivity contribution in [3.8, 4) is 0 Å². The minimum Gasteiger partial charge on any atom is -0.389 e. The largest absolute Gasteiger partial charge is 0.416 e. The van der Waals surface area contributed by atoms with Crippen LogP contribution in [0.3, 0.4) is 0 Å². The summed E-state index contributed by atoms with van der Waals surface area (Å²) in [4.78, 5) is 14.8. The highest BCUT2D eigenvalue weighted by Crippen LogP contribution is 2.32. The van der Waals surface area contributed by atoms with Crippen molar-refractivity contribution in [1.29, 1.82) is 0 Å². The first-order valence-electron chi connectivity index (χ1n) is 5.75. The Morgan fingerprint density at radius 1 is 1.45 bits per heavy atom. The number of rotatable bonds is 6. The lowest BCUT2D eigenvalue weighted by atomic mass is 9.99. The van der Waals surface area contributed by atoms with Crippen molar-refractivity contribution >= 4 is 23.2 Å². The topological polar surface area (TPSA) is 49.7 Å². The quantitative estimate of drug-likeness (QED) is 0.648. The molecule has 0 saturated carbocycles. The zero-order valence-corrected chi connectivity index (χ0v) is 11.2. The highest BCUT2D eigenvalue weighted by molar-refractivity contribution is 7.78. The second kappa shape index (κ2) is 7.28. The molecule has 0 amide bonds. The molecule has 0 radical (unpaired) electrons. The molecule has 7 heteroatoms. The van der Waals surface area contributed by atoms with Gasteiger partial charge in [-0.1, -0.05) is 12.1 Å². The Kier molecular flexibility index (Phi) is 6.01. The van der Waals surface area contributed by atoms with E-state index in [0.717, 1.165) is 12.1 Å². The number of hydrogen-bond acceptors (Lipinski definition) is 4. The summed E-state index contributed by atoms with van der Waals surface area (Å²) in [6.07, 6.45) is -4.26.